The Hall–Kier alpha value is -1.90. The molecule has 1 atom stereocenters. The maximum absolute atomic E-state index is 13.1. The van der Waals surface area contributed by atoms with Gasteiger partial charge >= 0.3 is 6.18 Å². The molecule has 1 saturated heterocycles. The first-order chi connectivity index (χ1) is 11.3. The number of alkyl halides is 3. The van der Waals surface area contributed by atoms with E-state index in [1.54, 1.807) is 6.92 Å². The largest absolute Gasteiger partial charge is 0.453 e. The summed E-state index contributed by atoms with van der Waals surface area (Å²) in [5.74, 6) is -0.645. The summed E-state index contributed by atoms with van der Waals surface area (Å²) in [5.41, 5.74) is 1.58. The molecule has 1 unspecified atom stereocenters. The number of halogens is 3. The van der Waals surface area contributed by atoms with Crippen LogP contribution >= 0.6 is 0 Å². The SMILES string of the molecule is CCN1CCCC1CNc1nn2c(C(F)(F)F)nnc2c(C)c1C. The van der Waals surface area contributed by atoms with Gasteiger partial charge in [0.1, 0.15) is 5.82 Å². The molecule has 24 heavy (non-hydrogen) atoms. The molecule has 1 fully saturated rings. The van der Waals surface area contributed by atoms with E-state index in [0.717, 1.165) is 36.0 Å². The number of aromatic nitrogens is 4. The van der Waals surface area contributed by atoms with E-state index in [1.807, 2.05) is 6.92 Å². The van der Waals surface area contributed by atoms with Crippen molar-refractivity contribution in [3.05, 3.63) is 17.0 Å². The van der Waals surface area contributed by atoms with Crippen LogP contribution in [0.15, 0.2) is 0 Å². The summed E-state index contributed by atoms with van der Waals surface area (Å²) in [5, 5.41) is 14.2. The van der Waals surface area contributed by atoms with Gasteiger partial charge in [0.2, 0.25) is 0 Å². The Bertz CT molecular complexity index is 739. The number of nitrogens with one attached hydrogen (secondary N) is 1. The zero-order valence-corrected chi connectivity index (χ0v) is 14.0. The van der Waals surface area contributed by atoms with E-state index in [1.165, 1.54) is 0 Å². The molecule has 2 aromatic heterocycles. The molecule has 0 aromatic carbocycles. The molecule has 3 heterocycles. The van der Waals surface area contributed by atoms with Gasteiger partial charge in [0.05, 0.1) is 0 Å². The van der Waals surface area contributed by atoms with Crippen molar-refractivity contribution in [1.82, 2.24) is 24.7 Å². The third kappa shape index (κ3) is 2.92. The van der Waals surface area contributed by atoms with Crippen LogP contribution in [0.5, 0.6) is 0 Å². The number of likely N-dealkylation sites (N-methyl/N-ethyl adjacent to an activating group) is 1. The molecule has 132 valence electrons. The molecule has 3 rings (SSSR count). The van der Waals surface area contributed by atoms with Gasteiger partial charge in [-0.2, -0.15) is 17.7 Å². The Kier molecular flexibility index (Phi) is 4.37. The first-order valence-electron chi connectivity index (χ1n) is 8.10. The van der Waals surface area contributed by atoms with Crippen LogP contribution in [0.25, 0.3) is 5.65 Å². The summed E-state index contributed by atoms with van der Waals surface area (Å²) in [4.78, 5) is 2.37. The summed E-state index contributed by atoms with van der Waals surface area (Å²) < 4.78 is 39.9. The van der Waals surface area contributed by atoms with Crippen molar-refractivity contribution < 1.29 is 13.2 Å². The molecule has 0 amide bonds. The van der Waals surface area contributed by atoms with E-state index in [-0.39, 0.29) is 5.65 Å². The number of rotatable bonds is 4. The molecule has 1 aliphatic heterocycles. The molecule has 9 heteroatoms. The summed E-state index contributed by atoms with van der Waals surface area (Å²) in [6, 6.07) is 0.384. The quantitative estimate of drug-likeness (QED) is 0.926. The monoisotopic (exact) mass is 342 g/mol. The number of anilines is 1. The maximum Gasteiger partial charge on any atom is 0.453 e. The minimum atomic E-state index is -4.59. The summed E-state index contributed by atoms with van der Waals surface area (Å²) in [6.07, 6.45) is -2.36. The molecule has 1 aliphatic rings. The molecule has 6 nitrogen and oxygen atoms in total. The van der Waals surface area contributed by atoms with Crippen molar-refractivity contribution in [3.63, 3.8) is 0 Å². The topological polar surface area (TPSA) is 58.4 Å². The summed E-state index contributed by atoms with van der Waals surface area (Å²) >= 11 is 0. The second-order valence-electron chi connectivity index (χ2n) is 6.16. The third-order valence-electron chi connectivity index (χ3n) is 4.76. The van der Waals surface area contributed by atoms with Crippen molar-refractivity contribution >= 4 is 11.5 Å². The van der Waals surface area contributed by atoms with Crippen LogP contribution in [0, 0.1) is 13.8 Å². The highest BCUT2D eigenvalue weighted by Crippen LogP contribution is 2.29. The number of nitrogens with zero attached hydrogens (tertiary/aromatic N) is 5. The zero-order chi connectivity index (χ0) is 17.5. The lowest BCUT2D eigenvalue weighted by atomic mass is 10.1. The van der Waals surface area contributed by atoms with E-state index in [4.69, 9.17) is 0 Å². The minimum absolute atomic E-state index is 0.140. The van der Waals surface area contributed by atoms with E-state index in [0.29, 0.717) is 24.0 Å². The van der Waals surface area contributed by atoms with Crippen molar-refractivity contribution in [2.75, 3.05) is 25.0 Å². The number of aryl methyl sites for hydroxylation is 1. The lowest BCUT2D eigenvalue weighted by Crippen LogP contribution is -2.35. The normalized spacial score (nSPS) is 19.3. The zero-order valence-electron chi connectivity index (χ0n) is 14.0. The van der Waals surface area contributed by atoms with E-state index < -0.39 is 12.0 Å². The van der Waals surface area contributed by atoms with E-state index in [2.05, 4.69) is 32.4 Å². The molecular formula is C15H21F3N6. The standard InChI is InChI=1S/C15H21F3N6/c1-4-23-7-5-6-11(23)8-19-12-9(2)10(3)13-20-21-14(15(16,17)18)24(13)22-12/h11H,4-8H2,1-3H3,(H,19,22). The molecule has 0 saturated carbocycles. The second kappa shape index (κ2) is 6.19. The number of fused-ring (bicyclic) bond motifs is 1. The summed E-state index contributed by atoms with van der Waals surface area (Å²) in [7, 11) is 0. The van der Waals surface area contributed by atoms with Gasteiger partial charge in [-0.3, -0.25) is 4.90 Å². The van der Waals surface area contributed by atoms with Crippen LogP contribution in [0.1, 0.15) is 36.7 Å². The van der Waals surface area contributed by atoms with Gasteiger partial charge in [0, 0.05) is 18.2 Å². The van der Waals surface area contributed by atoms with E-state index in [9.17, 15) is 13.2 Å². The molecule has 0 spiro atoms. The lowest BCUT2D eigenvalue weighted by Gasteiger charge is -2.23. The smallest absolute Gasteiger partial charge is 0.367 e. The Morgan fingerprint density at radius 3 is 2.62 bits per heavy atom. The fraction of sp³-hybridized carbons (Fsp3) is 0.667. The molecule has 1 N–H and O–H groups in total. The van der Waals surface area contributed by atoms with Crippen LogP contribution in [0.2, 0.25) is 0 Å². The van der Waals surface area contributed by atoms with Crippen LogP contribution in [0.3, 0.4) is 0 Å². The van der Waals surface area contributed by atoms with Gasteiger partial charge in [0.15, 0.2) is 5.65 Å². The lowest BCUT2D eigenvalue weighted by molar-refractivity contribution is -0.146. The molecule has 0 aliphatic carbocycles. The molecule has 0 radical (unpaired) electrons. The van der Waals surface area contributed by atoms with Crippen LogP contribution < -0.4 is 5.32 Å². The van der Waals surface area contributed by atoms with Crippen LogP contribution in [-0.4, -0.2) is 50.4 Å². The first-order valence-corrected chi connectivity index (χ1v) is 8.10. The Labute approximate surface area is 138 Å². The highest BCUT2D eigenvalue weighted by Gasteiger charge is 2.38. The van der Waals surface area contributed by atoms with Crippen molar-refractivity contribution in [3.8, 4) is 0 Å². The second-order valence-corrected chi connectivity index (χ2v) is 6.16. The van der Waals surface area contributed by atoms with Gasteiger partial charge in [0.25, 0.3) is 5.82 Å². The average Bonchev–Trinajstić information content (AvgIpc) is 3.14. The maximum atomic E-state index is 13.1. The highest BCUT2D eigenvalue weighted by molar-refractivity contribution is 5.58. The Morgan fingerprint density at radius 2 is 1.96 bits per heavy atom. The average molecular weight is 342 g/mol. The fourth-order valence-electron chi connectivity index (χ4n) is 3.23. The first kappa shape index (κ1) is 16.9. The van der Waals surface area contributed by atoms with Crippen LogP contribution in [0.4, 0.5) is 19.0 Å². The minimum Gasteiger partial charge on any atom is -0.367 e. The summed E-state index contributed by atoms with van der Waals surface area (Å²) in [6.45, 7) is 8.39. The molecular weight excluding hydrogens is 321 g/mol. The Morgan fingerprint density at radius 1 is 1.21 bits per heavy atom. The fourth-order valence-corrected chi connectivity index (χ4v) is 3.23. The van der Waals surface area contributed by atoms with Gasteiger partial charge < -0.3 is 5.32 Å². The van der Waals surface area contributed by atoms with Crippen LogP contribution in [-0.2, 0) is 6.18 Å². The van der Waals surface area contributed by atoms with Crippen molar-refractivity contribution in [2.45, 2.75) is 45.8 Å². The number of likely N-dealkylation sites (tertiary alicyclic amines) is 1. The number of hydrogen-bond donors (Lipinski definition) is 1. The molecule has 0 bridgehead atoms. The van der Waals surface area contributed by atoms with Gasteiger partial charge in [-0.1, -0.05) is 6.92 Å². The number of hydrogen-bond acceptors (Lipinski definition) is 5. The molecule has 2 aromatic rings. The van der Waals surface area contributed by atoms with Crippen molar-refractivity contribution in [1.29, 1.82) is 0 Å². The van der Waals surface area contributed by atoms with Gasteiger partial charge in [-0.15, -0.1) is 15.3 Å². The van der Waals surface area contributed by atoms with Gasteiger partial charge in [-0.25, -0.2) is 0 Å². The predicted molar refractivity (Wildman–Crippen MR) is 84.0 cm³/mol. The third-order valence-corrected chi connectivity index (χ3v) is 4.76. The highest BCUT2D eigenvalue weighted by atomic mass is 19.4. The van der Waals surface area contributed by atoms with Crippen molar-refractivity contribution in [2.24, 2.45) is 0 Å². The van der Waals surface area contributed by atoms with E-state index >= 15 is 0 Å². The predicted octanol–water partition coefficient (Wildman–Crippen LogP) is 2.66. The Balaban J connectivity index is 1.91. The van der Waals surface area contributed by atoms with Gasteiger partial charge in [-0.05, 0) is 45.3 Å².